The Kier molecular flexibility index (Phi) is 4.61. The Balaban J connectivity index is 1.37. The van der Waals surface area contributed by atoms with Crippen LogP contribution in [-0.2, 0) is 4.79 Å². The molecule has 0 bridgehead atoms. The van der Waals surface area contributed by atoms with E-state index in [0.29, 0.717) is 23.3 Å². The molecule has 1 saturated heterocycles. The number of hydrogen-bond acceptors (Lipinski definition) is 3. The second-order valence-corrected chi connectivity index (χ2v) is 9.72. The molecule has 152 valence electrons. The number of likely N-dealkylation sites (tertiary alicyclic amines) is 1. The topological polar surface area (TPSA) is 73.2 Å². The third kappa shape index (κ3) is 3.66. The second-order valence-electron chi connectivity index (χ2n) is 9.72. The first-order chi connectivity index (χ1) is 14.0. The van der Waals surface area contributed by atoms with E-state index in [4.69, 9.17) is 0 Å². The summed E-state index contributed by atoms with van der Waals surface area (Å²) in [6, 6.07) is 8.09. The molecule has 5 nitrogen and oxygen atoms in total. The van der Waals surface area contributed by atoms with Crippen LogP contribution in [0.15, 0.2) is 18.2 Å². The van der Waals surface area contributed by atoms with Crippen molar-refractivity contribution in [3.8, 4) is 6.07 Å². The van der Waals surface area contributed by atoms with E-state index >= 15 is 0 Å². The fourth-order valence-corrected chi connectivity index (χ4v) is 5.28. The van der Waals surface area contributed by atoms with Gasteiger partial charge in [0.1, 0.15) is 6.04 Å². The number of piperidine rings is 1. The molecule has 0 unspecified atom stereocenters. The average molecular weight is 392 g/mol. The number of amides is 2. The molecule has 5 heteroatoms. The second kappa shape index (κ2) is 7.16. The van der Waals surface area contributed by atoms with Crippen LogP contribution in [-0.4, -0.2) is 28.8 Å². The maximum Gasteiger partial charge on any atom is 0.255 e. The maximum atomic E-state index is 13.3. The minimum atomic E-state index is -0.307. The van der Waals surface area contributed by atoms with E-state index in [9.17, 15) is 14.9 Å². The van der Waals surface area contributed by atoms with Crippen molar-refractivity contribution in [3.05, 3.63) is 29.3 Å². The predicted molar refractivity (Wildman–Crippen MR) is 110 cm³/mol. The van der Waals surface area contributed by atoms with Gasteiger partial charge in [0.25, 0.3) is 5.91 Å². The van der Waals surface area contributed by atoms with Gasteiger partial charge in [-0.1, -0.05) is 6.92 Å². The largest absolute Gasteiger partial charge is 0.326 e. The number of nitriles is 1. The fraction of sp³-hybridized carbons (Fsp3) is 0.625. The van der Waals surface area contributed by atoms with Crippen molar-refractivity contribution >= 4 is 17.5 Å². The Bertz CT molecular complexity index is 877. The number of rotatable bonds is 4. The van der Waals surface area contributed by atoms with Gasteiger partial charge in [0.05, 0.1) is 6.07 Å². The Hall–Kier alpha value is -2.35. The smallest absolute Gasteiger partial charge is 0.255 e. The fourth-order valence-electron chi connectivity index (χ4n) is 5.28. The van der Waals surface area contributed by atoms with Crippen molar-refractivity contribution in [2.24, 2.45) is 17.8 Å². The van der Waals surface area contributed by atoms with E-state index in [-0.39, 0.29) is 29.8 Å². The Labute approximate surface area is 172 Å². The summed E-state index contributed by atoms with van der Waals surface area (Å²) in [6.07, 6.45) is 8.22. The number of hydrogen-bond donors (Lipinski definition) is 1. The summed E-state index contributed by atoms with van der Waals surface area (Å²) < 4.78 is 0. The minimum Gasteiger partial charge on any atom is -0.326 e. The van der Waals surface area contributed by atoms with Gasteiger partial charge in [-0.15, -0.1) is 0 Å². The van der Waals surface area contributed by atoms with Gasteiger partial charge in [0.2, 0.25) is 5.91 Å². The molecule has 1 N–H and O–H groups in total. The minimum absolute atomic E-state index is 0.0500. The number of nitrogens with one attached hydrogen (secondary N) is 1. The molecule has 1 heterocycles. The third-order valence-electron chi connectivity index (χ3n) is 7.39. The zero-order valence-corrected chi connectivity index (χ0v) is 17.1. The van der Waals surface area contributed by atoms with Crippen LogP contribution in [0.25, 0.3) is 0 Å². The summed E-state index contributed by atoms with van der Waals surface area (Å²) in [5, 5.41) is 12.6. The summed E-state index contributed by atoms with van der Waals surface area (Å²) >= 11 is 0. The van der Waals surface area contributed by atoms with E-state index in [0.717, 1.165) is 62.6 Å². The summed E-state index contributed by atoms with van der Waals surface area (Å²) in [5.41, 5.74) is 2.50. The van der Waals surface area contributed by atoms with Crippen LogP contribution in [0.1, 0.15) is 80.1 Å². The SMILES string of the molecule is CC1CCC(C(=O)Nc2cc(C(=O)N3[C@H](C#N)C[C@@H]4C[C@@H]43)cc(C3CC3)c2)CC1. The summed E-state index contributed by atoms with van der Waals surface area (Å²) in [6.45, 7) is 2.25. The molecule has 0 aromatic heterocycles. The van der Waals surface area contributed by atoms with Crippen LogP contribution >= 0.6 is 0 Å². The Morgan fingerprint density at radius 1 is 1.07 bits per heavy atom. The quantitative estimate of drug-likeness (QED) is 0.824. The van der Waals surface area contributed by atoms with Gasteiger partial charge in [-0.25, -0.2) is 0 Å². The molecule has 2 amide bonds. The zero-order chi connectivity index (χ0) is 20.1. The van der Waals surface area contributed by atoms with Gasteiger partial charge < -0.3 is 10.2 Å². The van der Waals surface area contributed by atoms with E-state index in [1.165, 1.54) is 0 Å². The highest BCUT2D eigenvalue weighted by Crippen LogP contribution is 2.48. The van der Waals surface area contributed by atoms with Crippen molar-refractivity contribution in [1.82, 2.24) is 4.90 Å². The van der Waals surface area contributed by atoms with E-state index in [1.807, 2.05) is 18.2 Å². The first-order valence-electron chi connectivity index (χ1n) is 11.2. The highest BCUT2D eigenvalue weighted by atomic mass is 16.2. The molecular formula is C24H29N3O2. The Morgan fingerprint density at radius 2 is 1.83 bits per heavy atom. The van der Waals surface area contributed by atoms with Crippen LogP contribution in [0.5, 0.6) is 0 Å². The highest BCUT2D eigenvalue weighted by molar-refractivity contribution is 5.99. The summed E-state index contributed by atoms with van der Waals surface area (Å²) in [4.78, 5) is 27.9. The molecule has 5 rings (SSSR count). The maximum absolute atomic E-state index is 13.3. The molecular weight excluding hydrogens is 362 g/mol. The molecule has 0 radical (unpaired) electrons. The number of anilines is 1. The van der Waals surface area contributed by atoms with Crippen LogP contribution in [0.2, 0.25) is 0 Å². The number of benzene rings is 1. The molecule has 1 aromatic carbocycles. The highest BCUT2D eigenvalue weighted by Gasteiger charge is 2.54. The predicted octanol–water partition coefficient (Wildman–Crippen LogP) is 4.46. The van der Waals surface area contributed by atoms with Crippen molar-refractivity contribution in [1.29, 1.82) is 5.26 Å². The normalized spacial score (nSPS) is 33.0. The number of fused-ring (bicyclic) bond motifs is 1. The monoisotopic (exact) mass is 391 g/mol. The van der Waals surface area contributed by atoms with Crippen LogP contribution in [0.4, 0.5) is 5.69 Å². The number of nitrogens with zero attached hydrogens (tertiary/aromatic N) is 2. The number of carbonyl (C=O) groups is 2. The van der Waals surface area contributed by atoms with Gasteiger partial charge in [-0.3, -0.25) is 9.59 Å². The molecule has 0 spiro atoms. The van der Waals surface area contributed by atoms with Crippen molar-refractivity contribution in [2.75, 3.05) is 5.32 Å². The molecule has 3 atom stereocenters. The molecule has 4 fully saturated rings. The first-order valence-corrected chi connectivity index (χ1v) is 11.2. The molecule has 29 heavy (non-hydrogen) atoms. The first kappa shape index (κ1) is 18.7. The molecule has 1 aromatic rings. The lowest BCUT2D eigenvalue weighted by molar-refractivity contribution is -0.121. The lowest BCUT2D eigenvalue weighted by Gasteiger charge is -2.26. The van der Waals surface area contributed by atoms with Gasteiger partial charge >= 0.3 is 0 Å². The summed E-state index contributed by atoms with van der Waals surface area (Å²) in [7, 11) is 0. The van der Waals surface area contributed by atoms with Crippen LogP contribution < -0.4 is 5.32 Å². The number of carbonyl (C=O) groups excluding carboxylic acids is 2. The van der Waals surface area contributed by atoms with Crippen molar-refractivity contribution < 1.29 is 9.59 Å². The van der Waals surface area contributed by atoms with E-state index < -0.39 is 0 Å². The zero-order valence-electron chi connectivity index (χ0n) is 17.1. The van der Waals surface area contributed by atoms with Gasteiger partial charge in [0, 0.05) is 23.2 Å². The lowest BCUT2D eigenvalue weighted by atomic mass is 9.82. The van der Waals surface area contributed by atoms with Gasteiger partial charge in [0.15, 0.2) is 0 Å². The average Bonchev–Trinajstić information content (AvgIpc) is 3.65. The third-order valence-corrected chi connectivity index (χ3v) is 7.39. The molecule has 3 aliphatic carbocycles. The van der Waals surface area contributed by atoms with Crippen LogP contribution in [0, 0.1) is 29.1 Å². The Morgan fingerprint density at radius 3 is 2.52 bits per heavy atom. The molecule has 1 aliphatic heterocycles. The molecule has 4 aliphatic rings. The molecule has 3 saturated carbocycles. The van der Waals surface area contributed by atoms with E-state index in [1.54, 1.807) is 4.90 Å². The lowest BCUT2D eigenvalue weighted by Crippen LogP contribution is -2.37. The summed E-state index contributed by atoms with van der Waals surface area (Å²) in [5.74, 6) is 1.81. The van der Waals surface area contributed by atoms with Crippen molar-refractivity contribution in [2.45, 2.75) is 76.3 Å². The van der Waals surface area contributed by atoms with Gasteiger partial charge in [-0.2, -0.15) is 5.26 Å². The van der Waals surface area contributed by atoms with Crippen LogP contribution in [0.3, 0.4) is 0 Å². The van der Waals surface area contributed by atoms with Gasteiger partial charge in [-0.05, 0) is 92.9 Å². The standard InChI is InChI=1S/C24H29N3O2/c1-14-2-4-16(5-3-14)23(28)26-20-9-17(15-6-7-15)8-19(10-20)24(29)27-21(13-25)11-18-12-22(18)27/h8-10,14-16,18,21-22H,2-7,11-12H2,1H3,(H,26,28)/t14?,16?,18-,21+,22+/m1/s1. The van der Waals surface area contributed by atoms with E-state index in [2.05, 4.69) is 18.3 Å². The van der Waals surface area contributed by atoms with Crippen molar-refractivity contribution in [3.63, 3.8) is 0 Å².